The second-order valence-corrected chi connectivity index (χ2v) is 3.71. The zero-order valence-electron chi connectivity index (χ0n) is 11.0. The zero-order chi connectivity index (χ0) is 13.5. The molecule has 0 aliphatic heterocycles. The number of ether oxygens (including phenoxy) is 1. The van der Waals surface area contributed by atoms with Crippen LogP contribution >= 0.6 is 0 Å². The number of amides is 1. The van der Waals surface area contributed by atoms with Crippen molar-refractivity contribution < 1.29 is 14.3 Å². The Hall–Kier alpha value is -1.85. The Kier molecular flexibility index (Phi) is 5.35. The summed E-state index contributed by atoms with van der Waals surface area (Å²) in [5.74, 6) is -0.433. The van der Waals surface area contributed by atoms with Crippen LogP contribution in [0, 0.1) is 0 Å². The van der Waals surface area contributed by atoms with Crippen molar-refractivity contribution in [1.82, 2.24) is 14.7 Å². The number of hydrogen-bond acceptors (Lipinski definition) is 4. The predicted molar refractivity (Wildman–Crippen MR) is 66.1 cm³/mol. The first-order valence-corrected chi connectivity index (χ1v) is 6.09. The molecule has 0 aromatic carbocycles. The van der Waals surface area contributed by atoms with Crippen LogP contribution in [-0.4, -0.2) is 46.3 Å². The lowest BCUT2D eigenvalue weighted by molar-refractivity contribution is -0.131. The van der Waals surface area contributed by atoms with Crippen molar-refractivity contribution in [3.05, 3.63) is 18.0 Å². The van der Waals surface area contributed by atoms with Crippen LogP contribution in [0.2, 0.25) is 0 Å². The molecule has 0 fully saturated rings. The van der Waals surface area contributed by atoms with Crippen LogP contribution < -0.4 is 0 Å². The summed E-state index contributed by atoms with van der Waals surface area (Å²) in [5, 5.41) is 3.98. The van der Waals surface area contributed by atoms with E-state index >= 15 is 0 Å². The molecule has 0 N–H and O–H groups in total. The summed E-state index contributed by atoms with van der Waals surface area (Å²) < 4.78 is 6.30. The standard InChI is InChI=1S/C12H19N3O3/c1-4-14(5-2)11(16)9-15-8-10(7-13-15)12(17)18-6-3/h7-8H,4-6,9H2,1-3H3. The fraction of sp³-hybridized carbons (Fsp3) is 0.583. The maximum atomic E-state index is 11.8. The van der Waals surface area contributed by atoms with Crippen molar-refractivity contribution in [2.75, 3.05) is 19.7 Å². The van der Waals surface area contributed by atoms with Crippen molar-refractivity contribution in [2.24, 2.45) is 0 Å². The SMILES string of the molecule is CCOC(=O)c1cnn(CC(=O)N(CC)CC)c1. The molecule has 0 aliphatic carbocycles. The van der Waals surface area contributed by atoms with Crippen LogP contribution in [0.3, 0.4) is 0 Å². The van der Waals surface area contributed by atoms with Gasteiger partial charge in [0.2, 0.25) is 5.91 Å². The molecule has 1 heterocycles. The average molecular weight is 253 g/mol. The molecule has 1 aromatic heterocycles. The first-order valence-electron chi connectivity index (χ1n) is 6.09. The molecule has 0 aliphatic rings. The number of likely N-dealkylation sites (N-methyl/N-ethyl adjacent to an activating group) is 1. The maximum Gasteiger partial charge on any atom is 0.341 e. The molecule has 0 atom stereocenters. The summed E-state index contributed by atoms with van der Waals surface area (Å²) in [5.41, 5.74) is 0.365. The molecule has 1 aromatic rings. The molecule has 1 rings (SSSR count). The van der Waals surface area contributed by atoms with Gasteiger partial charge >= 0.3 is 5.97 Å². The van der Waals surface area contributed by atoms with Gasteiger partial charge in [0.15, 0.2) is 0 Å². The lowest BCUT2D eigenvalue weighted by atomic mass is 10.4. The first-order chi connectivity index (χ1) is 8.62. The first kappa shape index (κ1) is 14.2. The van der Waals surface area contributed by atoms with Gasteiger partial charge in [-0.15, -0.1) is 0 Å². The van der Waals surface area contributed by atoms with Crippen LogP contribution in [0.4, 0.5) is 0 Å². The third-order valence-electron chi connectivity index (χ3n) is 2.56. The third kappa shape index (κ3) is 3.58. The minimum Gasteiger partial charge on any atom is -0.462 e. The van der Waals surface area contributed by atoms with Gasteiger partial charge in [0.05, 0.1) is 18.4 Å². The van der Waals surface area contributed by atoms with Gasteiger partial charge in [-0.3, -0.25) is 9.48 Å². The van der Waals surface area contributed by atoms with Crippen LogP contribution in [0.5, 0.6) is 0 Å². The highest BCUT2D eigenvalue weighted by molar-refractivity contribution is 5.88. The Balaban J connectivity index is 2.64. The summed E-state index contributed by atoms with van der Waals surface area (Å²) in [6.07, 6.45) is 2.94. The van der Waals surface area contributed by atoms with Gasteiger partial charge in [-0.2, -0.15) is 5.10 Å². The molecule has 100 valence electrons. The lowest BCUT2D eigenvalue weighted by Crippen LogP contribution is -2.33. The molecule has 1 amide bonds. The highest BCUT2D eigenvalue weighted by atomic mass is 16.5. The predicted octanol–water partition coefficient (Wildman–Crippen LogP) is 0.928. The number of esters is 1. The van der Waals surface area contributed by atoms with Crippen molar-refractivity contribution in [1.29, 1.82) is 0 Å². The van der Waals surface area contributed by atoms with E-state index in [1.165, 1.54) is 17.1 Å². The largest absolute Gasteiger partial charge is 0.462 e. The fourth-order valence-corrected chi connectivity index (χ4v) is 1.58. The molecule has 0 radical (unpaired) electrons. The Morgan fingerprint density at radius 1 is 1.33 bits per heavy atom. The van der Waals surface area contributed by atoms with Crippen molar-refractivity contribution >= 4 is 11.9 Å². The number of aromatic nitrogens is 2. The molecular formula is C12H19N3O3. The molecule has 18 heavy (non-hydrogen) atoms. The summed E-state index contributed by atoms with van der Waals surface area (Å²) >= 11 is 0. The number of carbonyl (C=O) groups excluding carboxylic acids is 2. The van der Waals surface area contributed by atoms with Gasteiger partial charge in [0.25, 0.3) is 0 Å². The Labute approximate surface area is 107 Å². The summed E-state index contributed by atoms with van der Waals surface area (Å²) in [6, 6.07) is 0. The minimum absolute atomic E-state index is 0.0153. The van der Waals surface area contributed by atoms with Gasteiger partial charge in [-0.25, -0.2) is 4.79 Å². The van der Waals surface area contributed by atoms with E-state index in [-0.39, 0.29) is 12.5 Å². The fourth-order valence-electron chi connectivity index (χ4n) is 1.58. The van der Waals surface area contributed by atoms with E-state index < -0.39 is 5.97 Å². The summed E-state index contributed by atoms with van der Waals surface area (Å²) in [7, 11) is 0. The molecule has 0 spiro atoms. The van der Waals surface area contributed by atoms with Gasteiger partial charge in [0, 0.05) is 19.3 Å². The number of hydrogen-bond donors (Lipinski definition) is 0. The Morgan fingerprint density at radius 2 is 2.00 bits per heavy atom. The van der Waals surface area contributed by atoms with Crippen molar-refractivity contribution in [3.63, 3.8) is 0 Å². The van der Waals surface area contributed by atoms with Crippen LogP contribution in [-0.2, 0) is 16.1 Å². The molecular weight excluding hydrogens is 234 g/mol. The monoisotopic (exact) mass is 253 g/mol. The normalized spacial score (nSPS) is 10.2. The van der Waals surface area contributed by atoms with Gasteiger partial charge in [-0.05, 0) is 20.8 Å². The van der Waals surface area contributed by atoms with Gasteiger partial charge < -0.3 is 9.64 Å². The lowest BCUT2D eigenvalue weighted by Gasteiger charge is -2.18. The van der Waals surface area contributed by atoms with E-state index in [0.29, 0.717) is 25.3 Å². The topological polar surface area (TPSA) is 64.4 Å². The molecule has 0 saturated heterocycles. The van der Waals surface area contributed by atoms with E-state index in [1.807, 2.05) is 13.8 Å². The van der Waals surface area contributed by atoms with Crippen LogP contribution in [0.25, 0.3) is 0 Å². The Morgan fingerprint density at radius 3 is 2.56 bits per heavy atom. The number of rotatable bonds is 6. The Bertz CT molecular complexity index is 410. The van der Waals surface area contributed by atoms with Crippen molar-refractivity contribution in [3.8, 4) is 0 Å². The highest BCUT2D eigenvalue weighted by Crippen LogP contribution is 2.01. The molecule has 0 saturated carbocycles. The second kappa shape index (κ2) is 6.78. The van der Waals surface area contributed by atoms with E-state index in [1.54, 1.807) is 11.8 Å². The van der Waals surface area contributed by atoms with Gasteiger partial charge in [-0.1, -0.05) is 0 Å². The average Bonchev–Trinajstić information content (AvgIpc) is 2.79. The maximum absolute atomic E-state index is 11.8. The van der Waals surface area contributed by atoms with E-state index in [9.17, 15) is 9.59 Å². The van der Waals surface area contributed by atoms with Crippen LogP contribution in [0.1, 0.15) is 31.1 Å². The summed E-state index contributed by atoms with van der Waals surface area (Å²) in [4.78, 5) is 25.0. The minimum atomic E-state index is -0.418. The quantitative estimate of drug-likeness (QED) is 0.707. The highest BCUT2D eigenvalue weighted by Gasteiger charge is 2.13. The van der Waals surface area contributed by atoms with Gasteiger partial charge in [0.1, 0.15) is 6.54 Å². The molecule has 0 unspecified atom stereocenters. The third-order valence-corrected chi connectivity index (χ3v) is 2.56. The van der Waals surface area contributed by atoms with Crippen molar-refractivity contribution in [2.45, 2.75) is 27.3 Å². The zero-order valence-corrected chi connectivity index (χ0v) is 11.0. The van der Waals surface area contributed by atoms with E-state index in [4.69, 9.17) is 4.74 Å². The molecule has 6 heteroatoms. The number of nitrogens with zero attached hydrogens (tertiary/aromatic N) is 3. The number of carbonyl (C=O) groups is 2. The molecule has 0 bridgehead atoms. The molecule has 6 nitrogen and oxygen atoms in total. The smallest absolute Gasteiger partial charge is 0.341 e. The van der Waals surface area contributed by atoms with E-state index in [0.717, 1.165) is 0 Å². The second-order valence-electron chi connectivity index (χ2n) is 3.71. The summed E-state index contributed by atoms with van der Waals surface area (Å²) in [6.45, 7) is 7.39. The van der Waals surface area contributed by atoms with Crippen LogP contribution in [0.15, 0.2) is 12.4 Å². The van der Waals surface area contributed by atoms with E-state index in [2.05, 4.69) is 5.10 Å².